The normalized spacial score (nSPS) is 16.6. The molecule has 1 atom stereocenters. The number of rotatable bonds is 5. The molecule has 0 aliphatic carbocycles. The van der Waals surface area contributed by atoms with Crippen molar-refractivity contribution < 1.29 is 19.4 Å². The first-order chi connectivity index (χ1) is 9.90. The Morgan fingerprint density at radius 3 is 2.48 bits per heavy atom. The number of β-amino-alcohol motifs (C(OH)–C–C–N with tert-alkyl or cyclic N) is 1. The van der Waals surface area contributed by atoms with Gasteiger partial charge in [0.15, 0.2) is 5.75 Å². The van der Waals surface area contributed by atoms with Gasteiger partial charge in [-0.3, -0.25) is 9.69 Å². The zero-order chi connectivity index (χ0) is 15.6. The van der Waals surface area contributed by atoms with Crippen LogP contribution in [0.4, 0.5) is 4.79 Å². The van der Waals surface area contributed by atoms with Gasteiger partial charge in [0.05, 0.1) is 16.6 Å². The number of benzene rings is 1. The molecule has 8 heteroatoms. The molecule has 2 rings (SSSR count). The van der Waals surface area contributed by atoms with Crippen molar-refractivity contribution in [3.05, 3.63) is 28.2 Å². The topological polar surface area (TPSA) is 70.1 Å². The maximum Gasteiger partial charge on any atom is 0.327 e. The van der Waals surface area contributed by atoms with E-state index in [0.717, 1.165) is 4.90 Å². The minimum Gasteiger partial charge on any atom is -0.488 e. The molecule has 0 aromatic heterocycles. The van der Waals surface area contributed by atoms with E-state index < -0.39 is 12.1 Å². The number of halogens is 2. The first-order valence-electron chi connectivity index (χ1n) is 6.20. The lowest BCUT2D eigenvalue weighted by molar-refractivity contribution is -0.126. The zero-order valence-electron chi connectivity index (χ0n) is 11.3. The summed E-state index contributed by atoms with van der Waals surface area (Å²) in [5.74, 6) is -0.0894. The molecular formula is C13H14Cl2N2O4. The molecule has 1 N–H and O–H groups in total. The maximum atomic E-state index is 11.7. The van der Waals surface area contributed by atoms with Gasteiger partial charge in [0, 0.05) is 7.05 Å². The average Bonchev–Trinajstić information content (AvgIpc) is 2.65. The number of aliphatic hydroxyl groups excluding tert-OH is 1. The molecule has 6 nitrogen and oxygen atoms in total. The minimum atomic E-state index is -1.03. The highest BCUT2D eigenvalue weighted by Gasteiger charge is 2.34. The van der Waals surface area contributed by atoms with Crippen molar-refractivity contribution >= 4 is 35.1 Å². The third-order valence-electron chi connectivity index (χ3n) is 2.96. The van der Waals surface area contributed by atoms with Gasteiger partial charge in [0.2, 0.25) is 5.91 Å². The largest absolute Gasteiger partial charge is 0.488 e. The lowest BCUT2D eigenvalue weighted by Crippen LogP contribution is -2.40. The van der Waals surface area contributed by atoms with E-state index in [9.17, 15) is 14.7 Å². The Kier molecular flexibility index (Phi) is 4.92. The minimum absolute atomic E-state index is 0.0166. The van der Waals surface area contributed by atoms with Crippen LogP contribution >= 0.6 is 23.2 Å². The maximum absolute atomic E-state index is 11.7. The van der Waals surface area contributed by atoms with Crippen LogP contribution in [0, 0.1) is 0 Å². The van der Waals surface area contributed by atoms with E-state index in [2.05, 4.69) is 0 Å². The number of carbonyl (C=O) groups excluding carboxylic acids is 2. The molecule has 0 unspecified atom stereocenters. The Labute approximate surface area is 131 Å². The third-order valence-corrected chi connectivity index (χ3v) is 3.56. The number of aliphatic hydroxyl groups is 1. The van der Waals surface area contributed by atoms with E-state index in [1.807, 2.05) is 0 Å². The number of amides is 3. The lowest BCUT2D eigenvalue weighted by atomic mass is 10.3. The summed E-state index contributed by atoms with van der Waals surface area (Å²) in [5.41, 5.74) is 0. The number of carbonyl (C=O) groups is 2. The van der Waals surface area contributed by atoms with Gasteiger partial charge >= 0.3 is 6.03 Å². The van der Waals surface area contributed by atoms with Crippen molar-refractivity contribution in [1.82, 2.24) is 9.80 Å². The smallest absolute Gasteiger partial charge is 0.327 e. The molecule has 1 aromatic rings. The van der Waals surface area contributed by atoms with Gasteiger partial charge in [0.1, 0.15) is 19.3 Å². The van der Waals surface area contributed by atoms with E-state index in [0.29, 0.717) is 10.0 Å². The summed E-state index contributed by atoms with van der Waals surface area (Å²) in [6.45, 7) is -0.253. The third kappa shape index (κ3) is 3.58. The Morgan fingerprint density at radius 2 is 1.95 bits per heavy atom. The second kappa shape index (κ2) is 6.51. The van der Waals surface area contributed by atoms with Gasteiger partial charge in [-0.1, -0.05) is 29.3 Å². The molecule has 0 spiro atoms. The highest BCUT2D eigenvalue weighted by atomic mass is 35.5. The van der Waals surface area contributed by atoms with Gasteiger partial charge in [-0.15, -0.1) is 0 Å². The van der Waals surface area contributed by atoms with Crippen LogP contribution in [0.3, 0.4) is 0 Å². The Bertz CT molecular complexity index is 547. The molecule has 1 aliphatic heterocycles. The van der Waals surface area contributed by atoms with Crippen molar-refractivity contribution in [2.45, 2.75) is 6.10 Å². The van der Waals surface area contributed by atoms with Crippen molar-refractivity contribution in [1.29, 1.82) is 0 Å². The van der Waals surface area contributed by atoms with Crippen LogP contribution in [0.2, 0.25) is 10.0 Å². The molecule has 0 radical (unpaired) electrons. The van der Waals surface area contributed by atoms with Gasteiger partial charge in [-0.2, -0.15) is 0 Å². The van der Waals surface area contributed by atoms with Gasteiger partial charge in [-0.05, 0) is 12.1 Å². The van der Waals surface area contributed by atoms with Gasteiger partial charge in [-0.25, -0.2) is 4.79 Å². The number of nitrogens with zero attached hydrogens (tertiary/aromatic N) is 2. The Morgan fingerprint density at radius 1 is 1.33 bits per heavy atom. The van der Waals surface area contributed by atoms with Gasteiger partial charge in [0.25, 0.3) is 0 Å². The fourth-order valence-electron chi connectivity index (χ4n) is 1.91. The number of para-hydroxylation sites is 1. The number of urea groups is 1. The van der Waals surface area contributed by atoms with Crippen LogP contribution in [0.1, 0.15) is 0 Å². The summed E-state index contributed by atoms with van der Waals surface area (Å²) in [7, 11) is 1.52. The molecule has 3 amide bonds. The fourth-order valence-corrected chi connectivity index (χ4v) is 2.42. The van der Waals surface area contributed by atoms with Crippen LogP contribution in [0.5, 0.6) is 5.75 Å². The van der Waals surface area contributed by atoms with Crippen LogP contribution in [0.15, 0.2) is 18.2 Å². The first kappa shape index (κ1) is 15.9. The monoisotopic (exact) mass is 332 g/mol. The van der Waals surface area contributed by atoms with Crippen molar-refractivity contribution in [3.8, 4) is 5.75 Å². The first-order valence-corrected chi connectivity index (χ1v) is 6.96. The van der Waals surface area contributed by atoms with Crippen molar-refractivity contribution in [2.75, 3.05) is 26.7 Å². The average molecular weight is 333 g/mol. The van der Waals surface area contributed by atoms with Crippen LogP contribution < -0.4 is 4.74 Å². The second-order valence-electron chi connectivity index (χ2n) is 4.66. The summed E-state index contributed by atoms with van der Waals surface area (Å²) in [6, 6.07) is 4.45. The van der Waals surface area contributed by atoms with E-state index in [1.165, 1.54) is 11.9 Å². The number of ether oxygens (including phenoxy) is 1. The summed E-state index contributed by atoms with van der Waals surface area (Å²) in [4.78, 5) is 25.5. The van der Waals surface area contributed by atoms with Crippen LogP contribution in [0.25, 0.3) is 0 Å². The Hall–Kier alpha value is -1.50. The number of imide groups is 1. The summed E-state index contributed by atoms with van der Waals surface area (Å²) in [5, 5.41) is 10.5. The lowest BCUT2D eigenvalue weighted by Gasteiger charge is -2.19. The molecule has 114 valence electrons. The SMILES string of the molecule is CN1CC(=O)N(C[C@H](O)COc2c(Cl)cccc2Cl)C1=O. The number of hydrogen-bond donors (Lipinski definition) is 1. The summed E-state index contributed by atoms with van der Waals surface area (Å²) in [6.07, 6.45) is -1.03. The number of likely N-dealkylation sites (N-methyl/N-ethyl adjacent to an activating group) is 1. The quantitative estimate of drug-likeness (QED) is 0.832. The van der Waals surface area contributed by atoms with E-state index in [4.69, 9.17) is 27.9 Å². The highest BCUT2D eigenvalue weighted by molar-refractivity contribution is 6.37. The van der Waals surface area contributed by atoms with Crippen molar-refractivity contribution in [3.63, 3.8) is 0 Å². The molecule has 1 fully saturated rings. The molecule has 0 saturated carbocycles. The number of hydrogen-bond acceptors (Lipinski definition) is 4. The van der Waals surface area contributed by atoms with E-state index >= 15 is 0 Å². The molecule has 1 saturated heterocycles. The summed E-state index contributed by atoms with van der Waals surface area (Å²) < 4.78 is 5.36. The van der Waals surface area contributed by atoms with Crippen LogP contribution in [-0.2, 0) is 4.79 Å². The highest BCUT2D eigenvalue weighted by Crippen LogP contribution is 2.32. The van der Waals surface area contributed by atoms with E-state index in [-0.39, 0.29) is 31.4 Å². The standard InChI is InChI=1S/C13H14Cl2N2O4/c1-16-6-11(19)17(13(16)20)5-8(18)7-21-12-9(14)3-2-4-10(12)15/h2-4,8,18H,5-7H2,1H3/t8-/m0/s1. The van der Waals surface area contributed by atoms with E-state index in [1.54, 1.807) is 18.2 Å². The molecule has 1 aromatic carbocycles. The summed E-state index contributed by atoms with van der Waals surface area (Å²) >= 11 is 11.9. The molecular weight excluding hydrogens is 319 g/mol. The Balaban J connectivity index is 1.92. The second-order valence-corrected chi connectivity index (χ2v) is 5.47. The molecule has 21 heavy (non-hydrogen) atoms. The van der Waals surface area contributed by atoms with Gasteiger partial charge < -0.3 is 14.7 Å². The van der Waals surface area contributed by atoms with Crippen LogP contribution in [-0.4, -0.2) is 59.7 Å². The predicted molar refractivity (Wildman–Crippen MR) is 77.7 cm³/mol. The molecule has 0 bridgehead atoms. The van der Waals surface area contributed by atoms with Crippen molar-refractivity contribution in [2.24, 2.45) is 0 Å². The fraction of sp³-hybridized carbons (Fsp3) is 0.385. The molecule has 1 heterocycles. The zero-order valence-corrected chi connectivity index (χ0v) is 12.8. The predicted octanol–water partition coefficient (Wildman–Crippen LogP) is 1.63. The molecule has 1 aliphatic rings.